The van der Waals surface area contributed by atoms with E-state index in [2.05, 4.69) is 10.1 Å². The Morgan fingerprint density at radius 3 is 2.91 bits per heavy atom. The first-order chi connectivity index (χ1) is 5.27. The number of hydrogen-bond donors (Lipinski definition) is 2. The van der Waals surface area contributed by atoms with Crippen molar-refractivity contribution >= 4 is 5.52 Å². The topological polar surface area (TPSA) is 70.7 Å². The Hall–Kier alpha value is -1.78. The molecule has 5 heteroatoms. The van der Waals surface area contributed by atoms with Gasteiger partial charge >= 0.3 is 0 Å². The maximum atomic E-state index is 9.10. The van der Waals surface area contributed by atoms with Crippen LogP contribution in [0, 0.1) is 0 Å². The number of rotatable bonds is 0. The lowest BCUT2D eigenvalue weighted by Crippen LogP contribution is -1.86. The molecule has 2 rings (SSSR count). The zero-order chi connectivity index (χ0) is 7.84. The van der Waals surface area contributed by atoms with Gasteiger partial charge in [0.2, 0.25) is 5.88 Å². The van der Waals surface area contributed by atoms with Gasteiger partial charge in [0, 0.05) is 0 Å². The van der Waals surface area contributed by atoms with Crippen molar-refractivity contribution < 1.29 is 10.2 Å². The van der Waals surface area contributed by atoms with E-state index >= 15 is 0 Å². The van der Waals surface area contributed by atoms with Crippen LogP contribution in [0.3, 0.4) is 0 Å². The molecule has 0 aliphatic rings. The summed E-state index contributed by atoms with van der Waals surface area (Å²) in [5.74, 6) is -0.0712. The second-order valence-corrected chi connectivity index (χ2v) is 2.11. The monoisotopic (exact) mass is 151 g/mol. The maximum Gasteiger partial charge on any atom is 0.229 e. The Morgan fingerprint density at radius 2 is 2.09 bits per heavy atom. The summed E-state index contributed by atoms with van der Waals surface area (Å²) in [5.41, 5.74) is 0.475. The fourth-order valence-electron chi connectivity index (χ4n) is 0.861. The van der Waals surface area contributed by atoms with Crippen LogP contribution in [0.4, 0.5) is 0 Å². The van der Waals surface area contributed by atoms with Crippen molar-refractivity contribution in [2.24, 2.45) is 0 Å². The summed E-state index contributed by atoms with van der Waals surface area (Å²) in [6.45, 7) is 0. The third-order valence-corrected chi connectivity index (χ3v) is 1.37. The van der Waals surface area contributed by atoms with E-state index in [4.69, 9.17) is 10.2 Å². The highest BCUT2D eigenvalue weighted by molar-refractivity contribution is 5.56. The number of fused-ring (bicyclic) bond motifs is 1. The Bertz CT molecular complexity index is 396. The lowest BCUT2D eigenvalue weighted by molar-refractivity contribution is 0.448. The normalized spacial score (nSPS) is 10.5. The third kappa shape index (κ3) is 0.778. The molecule has 2 aromatic heterocycles. The highest BCUT2D eigenvalue weighted by Gasteiger charge is 2.01. The van der Waals surface area contributed by atoms with Crippen molar-refractivity contribution in [3.05, 3.63) is 18.6 Å². The SMILES string of the molecule is Oc1cn2ncc(O)c2cn1. The van der Waals surface area contributed by atoms with Gasteiger partial charge in [-0.2, -0.15) is 5.10 Å². The average Bonchev–Trinajstić information content (AvgIpc) is 2.32. The van der Waals surface area contributed by atoms with E-state index in [9.17, 15) is 0 Å². The minimum absolute atomic E-state index is 0.0532. The first kappa shape index (κ1) is 5.96. The Morgan fingerprint density at radius 1 is 1.27 bits per heavy atom. The van der Waals surface area contributed by atoms with Gasteiger partial charge in [0.15, 0.2) is 5.75 Å². The van der Waals surface area contributed by atoms with Gasteiger partial charge in [0.05, 0.1) is 18.6 Å². The van der Waals surface area contributed by atoms with E-state index in [0.717, 1.165) is 0 Å². The molecule has 56 valence electrons. The van der Waals surface area contributed by atoms with Crippen LogP contribution in [-0.2, 0) is 0 Å². The van der Waals surface area contributed by atoms with E-state index in [-0.39, 0.29) is 11.6 Å². The standard InChI is InChI=1S/C6H5N3O2/c10-5-2-8-9-3-6(11)7-1-4(5)9/h1-3,10-11H. The number of hydrogen-bond acceptors (Lipinski definition) is 4. The van der Waals surface area contributed by atoms with Crippen molar-refractivity contribution in [1.82, 2.24) is 14.6 Å². The maximum absolute atomic E-state index is 9.10. The molecule has 0 radical (unpaired) electrons. The zero-order valence-electron chi connectivity index (χ0n) is 5.47. The van der Waals surface area contributed by atoms with Crippen molar-refractivity contribution in [3.63, 3.8) is 0 Å². The zero-order valence-corrected chi connectivity index (χ0v) is 5.47. The fraction of sp³-hybridized carbons (Fsp3) is 0. The minimum Gasteiger partial charge on any atom is -0.504 e. The van der Waals surface area contributed by atoms with Crippen molar-refractivity contribution in [2.75, 3.05) is 0 Å². The van der Waals surface area contributed by atoms with Gasteiger partial charge in [0.1, 0.15) is 5.52 Å². The molecule has 0 atom stereocenters. The fourth-order valence-corrected chi connectivity index (χ4v) is 0.861. The number of aromatic hydroxyl groups is 2. The summed E-state index contributed by atoms with van der Waals surface area (Å²) >= 11 is 0. The van der Waals surface area contributed by atoms with Crippen LogP contribution >= 0.6 is 0 Å². The van der Waals surface area contributed by atoms with E-state index < -0.39 is 0 Å². The molecule has 2 heterocycles. The van der Waals surface area contributed by atoms with Crippen LogP contribution in [-0.4, -0.2) is 24.8 Å². The van der Waals surface area contributed by atoms with Gasteiger partial charge in [0.25, 0.3) is 0 Å². The van der Waals surface area contributed by atoms with Gasteiger partial charge in [-0.3, -0.25) is 0 Å². The summed E-state index contributed by atoms with van der Waals surface area (Å²) in [6, 6.07) is 0. The lowest BCUT2D eigenvalue weighted by Gasteiger charge is -1.92. The van der Waals surface area contributed by atoms with Gasteiger partial charge in [-0.1, -0.05) is 0 Å². The van der Waals surface area contributed by atoms with Crippen LogP contribution in [0.15, 0.2) is 18.6 Å². The van der Waals surface area contributed by atoms with Crippen LogP contribution in [0.5, 0.6) is 11.6 Å². The Labute approximate surface area is 61.5 Å². The first-order valence-electron chi connectivity index (χ1n) is 2.99. The predicted octanol–water partition coefficient (Wildman–Crippen LogP) is 0.140. The molecule has 0 spiro atoms. The van der Waals surface area contributed by atoms with Crippen molar-refractivity contribution in [1.29, 1.82) is 0 Å². The highest BCUT2D eigenvalue weighted by Crippen LogP contribution is 2.16. The second kappa shape index (κ2) is 1.85. The third-order valence-electron chi connectivity index (χ3n) is 1.37. The summed E-state index contributed by atoms with van der Waals surface area (Å²) in [7, 11) is 0. The van der Waals surface area contributed by atoms with Crippen molar-refractivity contribution in [3.8, 4) is 11.6 Å². The van der Waals surface area contributed by atoms with Crippen LogP contribution in [0.1, 0.15) is 0 Å². The molecule has 11 heavy (non-hydrogen) atoms. The van der Waals surface area contributed by atoms with Gasteiger partial charge in [-0.05, 0) is 0 Å². The summed E-state index contributed by atoms with van der Waals surface area (Å²) in [5, 5.41) is 21.7. The van der Waals surface area contributed by atoms with Crippen LogP contribution in [0.25, 0.3) is 5.52 Å². The van der Waals surface area contributed by atoms with Crippen LogP contribution < -0.4 is 0 Å². The molecule has 0 aromatic carbocycles. The Kier molecular flexibility index (Phi) is 1.00. The van der Waals surface area contributed by atoms with E-state index in [1.807, 2.05) is 0 Å². The summed E-state index contributed by atoms with van der Waals surface area (Å²) in [6.07, 6.45) is 3.95. The molecule has 0 aliphatic carbocycles. The summed E-state index contributed by atoms with van der Waals surface area (Å²) in [4.78, 5) is 3.58. The van der Waals surface area contributed by atoms with Crippen LogP contribution in [0.2, 0.25) is 0 Å². The highest BCUT2D eigenvalue weighted by atomic mass is 16.3. The molecule has 2 N–H and O–H groups in total. The first-order valence-corrected chi connectivity index (χ1v) is 2.99. The average molecular weight is 151 g/mol. The molecule has 5 nitrogen and oxygen atoms in total. The van der Waals surface area contributed by atoms with Crippen molar-refractivity contribution in [2.45, 2.75) is 0 Å². The molecule has 0 aliphatic heterocycles. The lowest BCUT2D eigenvalue weighted by atomic mass is 10.5. The molecule has 0 fully saturated rings. The largest absolute Gasteiger partial charge is 0.504 e. The molecule has 2 aromatic rings. The van der Waals surface area contributed by atoms with Gasteiger partial charge < -0.3 is 10.2 Å². The summed E-state index contributed by atoms with van der Waals surface area (Å²) < 4.78 is 1.34. The molecular formula is C6H5N3O2. The van der Waals surface area contributed by atoms with Gasteiger partial charge in [-0.25, -0.2) is 9.50 Å². The predicted molar refractivity (Wildman–Crippen MR) is 36.3 cm³/mol. The van der Waals surface area contributed by atoms with Gasteiger partial charge in [-0.15, -0.1) is 0 Å². The molecule has 0 amide bonds. The molecule has 0 bridgehead atoms. The van der Waals surface area contributed by atoms with E-state index in [1.165, 1.54) is 23.1 Å². The molecule has 0 saturated heterocycles. The molecule has 0 unspecified atom stereocenters. The van der Waals surface area contributed by atoms with E-state index in [0.29, 0.717) is 5.52 Å². The number of nitrogens with zero attached hydrogens (tertiary/aromatic N) is 3. The molecular weight excluding hydrogens is 146 g/mol. The Balaban J connectivity index is 2.86. The second-order valence-electron chi connectivity index (χ2n) is 2.11. The quantitative estimate of drug-likeness (QED) is 0.561. The number of aromatic nitrogens is 3. The van der Waals surface area contributed by atoms with E-state index in [1.54, 1.807) is 0 Å². The smallest absolute Gasteiger partial charge is 0.229 e. The minimum atomic E-state index is -0.124. The molecule has 0 saturated carbocycles.